The van der Waals surface area contributed by atoms with Crippen LogP contribution in [0, 0.1) is 0 Å². The molecule has 0 aliphatic heterocycles. The van der Waals surface area contributed by atoms with E-state index in [0.717, 1.165) is 25.5 Å². The summed E-state index contributed by atoms with van der Waals surface area (Å²) in [6, 6.07) is 5.91. The molecule has 0 unspecified atom stereocenters. The average molecular weight is 383 g/mol. The fourth-order valence-electron chi connectivity index (χ4n) is 1.24. The van der Waals surface area contributed by atoms with Gasteiger partial charge in [0.2, 0.25) is 5.52 Å². The number of hydrogen-bond donors (Lipinski definition) is 1. The van der Waals surface area contributed by atoms with Crippen molar-refractivity contribution < 1.29 is 22.0 Å². The summed E-state index contributed by atoms with van der Waals surface area (Å²) in [5, 5.41) is 1.09. The minimum absolute atomic E-state index is 0. The Kier molecular flexibility index (Phi) is 3.92. The summed E-state index contributed by atoms with van der Waals surface area (Å²) in [7, 11) is 0. The zero-order valence-electron chi connectivity index (χ0n) is 7.02. The second-order valence-electron chi connectivity index (χ2n) is 2.71. The number of anilines is 1. The summed E-state index contributed by atoms with van der Waals surface area (Å²) in [6.07, 6.45) is 1.86. The van der Waals surface area contributed by atoms with Crippen LogP contribution in [0.25, 0.3) is 10.9 Å². The van der Waals surface area contributed by atoms with Gasteiger partial charge in [-0.15, -0.1) is 0 Å². The largest absolute Gasteiger partial charge is 1.00 e. The molecule has 0 aliphatic rings. The lowest BCUT2D eigenvalue weighted by atomic mass is 10.2. The molecule has 2 rings (SSSR count). The first kappa shape index (κ1) is 11.9. The van der Waals surface area contributed by atoms with Crippen molar-refractivity contribution in [3.8, 4) is 0 Å². The molecule has 0 spiro atoms. The van der Waals surface area contributed by atoms with Crippen molar-refractivity contribution in [3.63, 3.8) is 0 Å². The number of H-pyrrole nitrogens is 1. The van der Waals surface area contributed by atoms with Crippen LogP contribution in [-0.4, -0.2) is 0 Å². The maximum Gasteiger partial charge on any atom is 0.236 e. The van der Waals surface area contributed by atoms with Crippen molar-refractivity contribution in [3.05, 3.63) is 33.3 Å². The summed E-state index contributed by atoms with van der Waals surface area (Å²) in [5.74, 6) is 0. The lowest BCUT2D eigenvalue weighted by Crippen LogP contribution is -3.00. The minimum Gasteiger partial charge on any atom is -1.00 e. The fraction of sp³-hybridized carbons (Fsp3) is 0. The molecular weight excluding hydrogens is 376 g/mol. The highest BCUT2D eigenvalue weighted by molar-refractivity contribution is 9.11. The van der Waals surface area contributed by atoms with Crippen LogP contribution in [0.2, 0.25) is 0 Å². The third kappa shape index (κ3) is 1.94. The smallest absolute Gasteiger partial charge is 0.236 e. The molecule has 5 heteroatoms. The maximum atomic E-state index is 5.89. The Morgan fingerprint density at radius 2 is 1.93 bits per heavy atom. The highest BCUT2D eigenvalue weighted by atomic mass is 79.9. The number of nitrogen functional groups attached to an aromatic ring is 1. The summed E-state index contributed by atoms with van der Waals surface area (Å²) in [6.45, 7) is 0. The normalized spacial score (nSPS) is 9.86. The maximum absolute atomic E-state index is 5.89. The zero-order chi connectivity index (χ0) is 9.42. The van der Waals surface area contributed by atoms with Gasteiger partial charge in [-0.1, -0.05) is 0 Å². The first-order chi connectivity index (χ1) is 6.20. The molecule has 1 aromatic carbocycles. The Balaban J connectivity index is 0.000000980. The second-order valence-corrected chi connectivity index (χ2v) is 4.42. The van der Waals surface area contributed by atoms with Gasteiger partial charge in [0.25, 0.3) is 0 Å². The molecule has 0 saturated heterocycles. The monoisotopic (exact) mass is 380 g/mol. The summed E-state index contributed by atoms with van der Waals surface area (Å²) >= 11 is 6.87. The van der Waals surface area contributed by atoms with E-state index in [2.05, 4.69) is 36.8 Å². The molecule has 0 atom stereocenters. The van der Waals surface area contributed by atoms with Gasteiger partial charge in [-0.2, -0.15) is 0 Å². The van der Waals surface area contributed by atoms with Crippen LogP contribution in [-0.2, 0) is 0 Å². The van der Waals surface area contributed by atoms with Crippen LogP contribution in [0.5, 0.6) is 0 Å². The van der Waals surface area contributed by atoms with Gasteiger partial charge in [-0.25, -0.2) is 4.98 Å². The number of aromatic amines is 1. The van der Waals surface area contributed by atoms with Gasteiger partial charge in [0.15, 0.2) is 6.20 Å². The van der Waals surface area contributed by atoms with Crippen molar-refractivity contribution in [1.29, 1.82) is 0 Å². The standard InChI is InChI=1S/C9H6Br2N2.BrH/c10-6-4-7(11)8(12)9-5(6)2-1-3-13-9;/h1-4H,12H2;1H. The number of rotatable bonds is 0. The number of pyridine rings is 1. The molecule has 0 aliphatic carbocycles. The molecule has 2 nitrogen and oxygen atoms in total. The first-order valence-corrected chi connectivity index (χ1v) is 5.32. The van der Waals surface area contributed by atoms with E-state index < -0.39 is 0 Å². The van der Waals surface area contributed by atoms with Gasteiger partial charge in [0.05, 0.1) is 5.39 Å². The molecule has 14 heavy (non-hydrogen) atoms. The van der Waals surface area contributed by atoms with Crippen LogP contribution in [0.1, 0.15) is 0 Å². The molecule has 0 bridgehead atoms. The molecule has 2 aromatic rings. The van der Waals surface area contributed by atoms with Crippen LogP contribution < -0.4 is 27.7 Å². The third-order valence-corrected chi connectivity index (χ3v) is 3.21. The summed E-state index contributed by atoms with van der Waals surface area (Å²) in [4.78, 5) is 3.12. The van der Waals surface area contributed by atoms with E-state index in [4.69, 9.17) is 5.73 Å². The Bertz CT molecular complexity index is 471. The van der Waals surface area contributed by atoms with Crippen molar-refractivity contribution in [2.75, 3.05) is 5.73 Å². The highest BCUT2D eigenvalue weighted by Gasteiger charge is 2.10. The number of nitrogens with two attached hydrogens (primary N) is 1. The average Bonchev–Trinajstić information content (AvgIpc) is 2.15. The number of fused-ring (bicyclic) bond motifs is 1. The highest BCUT2D eigenvalue weighted by Crippen LogP contribution is 2.31. The molecule has 0 amide bonds. The molecule has 3 N–H and O–H groups in total. The van der Waals surface area contributed by atoms with Gasteiger partial charge in [-0.3, -0.25) is 0 Å². The first-order valence-electron chi connectivity index (χ1n) is 3.74. The number of aromatic nitrogens is 1. The SMILES string of the molecule is Nc1c(Br)cc(Br)c2ccc[nH+]c12.[Br-]. The van der Waals surface area contributed by atoms with E-state index in [1.165, 1.54) is 0 Å². The molecular formula is C9H7Br3N2. The van der Waals surface area contributed by atoms with E-state index in [9.17, 15) is 0 Å². The topological polar surface area (TPSA) is 40.2 Å². The number of benzene rings is 1. The summed E-state index contributed by atoms with van der Waals surface area (Å²) in [5.41, 5.74) is 7.57. The summed E-state index contributed by atoms with van der Waals surface area (Å²) < 4.78 is 1.93. The lowest BCUT2D eigenvalue weighted by Gasteiger charge is -2.00. The Labute approximate surface area is 109 Å². The number of nitrogens with one attached hydrogen (secondary N) is 1. The molecule has 74 valence electrons. The molecule has 1 aromatic heterocycles. The van der Waals surface area contributed by atoms with E-state index in [1.807, 2.05) is 24.4 Å². The third-order valence-electron chi connectivity index (χ3n) is 1.89. The number of hydrogen-bond acceptors (Lipinski definition) is 1. The van der Waals surface area contributed by atoms with Crippen molar-refractivity contribution in [1.82, 2.24) is 0 Å². The van der Waals surface area contributed by atoms with Gasteiger partial charge < -0.3 is 22.7 Å². The van der Waals surface area contributed by atoms with Gasteiger partial charge in [0.1, 0.15) is 5.69 Å². The van der Waals surface area contributed by atoms with Crippen LogP contribution in [0.4, 0.5) is 5.69 Å². The van der Waals surface area contributed by atoms with E-state index in [0.29, 0.717) is 0 Å². The van der Waals surface area contributed by atoms with Gasteiger partial charge in [-0.05, 0) is 44.0 Å². The molecule has 0 radical (unpaired) electrons. The predicted molar refractivity (Wildman–Crippen MR) is 60.3 cm³/mol. The Hall–Kier alpha value is -0.130. The van der Waals surface area contributed by atoms with Gasteiger partial charge >= 0.3 is 0 Å². The van der Waals surface area contributed by atoms with Crippen LogP contribution in [0.15, 0.2) is 33.3 Å². The van der Waals surface area contributed by atoms with E-state index in [-0.39, 0.29) is 17.0 Å². The Morgan fingerprint density at radius 1 is 1.21 bits per heavy atom. The van der Waals surface area contributed by atoms with Crippen molar-refractivity contribution in [2.45, 2.75) is 0 Å². The van der Waals surface area contributed by atoms with Crippen LogP contribution in [0.3, 0.4) is 0 Å². The van der Waals surface area contributed by atoms with E-state index >= 15 is 0 Å². The Morgan fingerprint density at radius 3 is 2.64 bits per heavy atom. The molecule has 0 fully saturated rings. The zero-order valence-corrected chi connectivity index (χ0v) is 11.8. The quantitative estimate of drug-likeness (QED) is 0.628. The lowest BCUT2D eigenvalue weighted by molar-refractivity contribution is -0.344. The molecule has 1 heterocycles. The second kappa shape index (κ2) is 4.59. The fourth-order valence-corrected chi connectivity index (χ4v) is 2.54. The number of halogens is 3. The van der Waals surface area contributed by atoms with Crippen LogP contribution >= 0.6 is 31.9 Å². The van der Waals surface area contributed by atoms with Gasteiger partial charge in [0, 0.05) is 15.0 Å². The predicted octanol–water partition coefficient (Wildman–Crippen LogP) is -0.235. The van der Waals surface area contributed by atoms with Crippen molar-refractivity contribution in [2.24, 2.45) is 0 Å². The molecule has 0 saturated carbocycles. The van der Waals surface area contributed by atoms with E-state index in [1.54, 1.807) is 0 Å². The minimum atomic E-state index is 0. The van der Waals surface area contributed by atoms with Crippen molar-refractivity contribution >= 4 is 48.5 Å².